The Bertz CT molecular complexity index is 695. The topological polar surface area (TPSA) is 41.1 Å². The predicted molar refractivity (Wildman–Crippen MR) is 92.2 cm³/mol. The SMILES string of the molecule is CC(=O)c1cccc(NC(=S)Nc2ccc(C)cc2C)c1. The number of thiocarbonyl (C=S) groups is 1. The summed E-state index contributed by atoms with van der Waals surface area (Å²) >= 11 is 5.31. The molecule has 0 aliphatic rings. The van der Waals surface area contributed by atoms with Gasteiger partial charge in [-0.3, -0.25) is 4.79 Å². The number of nitrogens with one attached hydrogen (secondary N) is 2. The van der Waals surface area contributed by atoms with Gasteiger partial charge in [-0.2, -0.15) is 0 Å². The highest BCUT2D eigenvalue weighted by Crippen LogP contribution is 2.17. The highest BCUT2D eigenvalue weighted by molar-refractivity contribution is 7.80. The predicted octanol–water partition coefficient (Wildman–Crippen LogP) is 4.31. The van der Waals surface area contributed by atoms with Gasteiger partial charge in [0.05, 0.1) is 0 Å². The first kappa shape index (κ1) is 15.2. The molecule has 2 aromatic carbocycles. The number of anilines is 2. The molecule has 0 bridgehead atoms. The first-order valence-corrected chi connectivity index (χ1v) is 7.13. The van der Waals surface area contributed by atoms with Crippen molar-refractivity contribution >= 4 is 34.5 Å². The summed E-state index contributed by atoms with van der Waals surface area (Å²) in [5, 5.41) is 6.77. The van der Waals surface area contributed by atoms with E-state index in [1.54, 1.807) is 19.1 Å². The van der Waals surface area contributed by atoms with E-state index in [-0.39, 0.29) is 5.78 Å². The molecule has 4 heteroatoms. The highest BCUT2D eigenvalue weighted by atomic mass is 32.1. The van der Waals surface area contributed by atoms with Gasteiger partial charge in [-0.25, -0.2) is 0 Å². The molecular formula is C17H18N2OS. The summed E-state index contributed by atoms with van der Waals surface area (Å²) in [6, 6.07) is 13.4. The van der Waals surface area contributed by atoms with E-state index < -0.39 is 0 Å². The summed E-state index contributed by atoms with van der Waals surface area (Å²) in [5.41, 5.74) is 4.78. The van der Waals surface area contributed by atoms with Crippen LogP contribution in [-0.4, -0.2) is 10.9 Å². The third kappa shape index (κ3) is 4.13. The van der Waals surface area contributed by atoms with Crippen LogP contribution >= 0.6 is 12.2 Å². The second-order valence-corrected chi connectivity index (χ2v) is 5.44. The fraction of sp³-hybridized carbons (Fsp3) is 0.176. The number of benzene rings is 2. The minimum atomic E-state index is 0.0342. The molecule has 0 spiro atoms. The van der Waals surface area contributed by atoms with Gasteiger partial charge in [0, 0.05) is 16.9 Å². The number of hydrogen-bond acceptors (Lipinski definition) is 2. The normalized spacial score (nSPS) is 10.0. The van der Waals surface area contributed by atoms with Crippen molar-refractivity contribution in [1.29, 1.82) is 0 Å². The molecule has 0 saturated heterocycles. The standard InChI is InChI=1S/C17H18N2OS/c1-11-7-8-16(12(2)9-11)19-17(21)18-15-6-4-5-14(10-15)13(3)20/h4-10H,1-3H3,(H2,18,19,21). The average molecular weight is 298 g/mol. The molecule has 0 amide bonds. The molecule has 0 fully saturated rings. The Kier molecular flexibility index (Phi) is 4.70. The Morgan fingerprint density at radius 2 is 1.81 bits per heavy atom. The second kappa shape index (κ2) is 6.50. The quantitative estimate of drug-likeness (QED) is 0.654. The Hall–Kier alpha value is -2.20. The summed E-state index contributed by atoms with van der Waals surface area (Å²) in [6.07, 6.45) is 0. The molecule has 21 heavy (non-hydrogen) atoms. The molecule has 2 aromatic rings. The van der Waals surface area contributed by atoms with Crippen molar-refractivity contribution in [2.24, 2.45) is 0 Å². The molecule has 0 aromatic heterocycles. The van der Waals surface area contributed by atoms with Crippen LogP contribution in [0.25, 0.3) is 0 Å². The largest absolute Gasteiger partial charge is 0.332 e. The first-order valence-electron chi connectivity index (χ1n) is 6.72. The maximum absolute atomic E-state index is 11.4. The lowest BCUT2D eigenvalue weighted by Gasteiger charge is -2.13. The van der Waals surface area contributed by atoms with E-state index in [4.69, 9.17) is 12.2 Å². The van der Waals surface area contributed by atoms with E-state index >= 15 is 0 Å². The van der Waals surface area contributed by atoms with Crippen molar-refractivity contribution in [3.63, 3.8) is 0 Å². The van der Waals surface area contributed by atoms with Crippen molar-refractivity contribution in [1.82, 2.24) is 0 Å². The van der Waals surface area contributed by atoms with E-state index in [0.717, 1.165) is 16.9 Å². The van der Waals surface area contributed by atoms with Gasteiger partial charge in [-0.1, -0.05) is 29.8 Å². The van der Waals surface area contributed by atoms with Crippen LogP contribution in [0.5, 0.6) is 0 Å². The maximum atomic E-state index is 11.4. The molecule has 0 saturated carbocycles. The Morgan fingerprint density at radius 1 is 1.05 bits per heavy atom. The molecule has 0 radical (unpaired) electrons. The summed E-state index contributed by atoms with van der Waals surface area (Å²) in [7, 11) is 0. The molecular weight excluding hydrogens is 280 g/mol. The Balaban J connectivity index is 2.08. The number of rotatable bonds is 3. The summed E-state index contributed by atoms with van der Waals surface area (Å²) in [6.45, 7) is 5.64. The molecule has 108 valence electrons. The van der Waals surface area contributed by atoms with Crippen LogP contribution < -0.4 is 10.6 Å². The number of hydrogen-bond donors (Lipinski definition) is 2. The molecule has 0 aliphatic carbocycles. The zero-order valence-electron chi connectivity index (χ0n) is 12.4. The summed E-state index contributed by atoms with van der Waals surface area (Å²) in [5.74, 6) is 0.0342. The lowest BCUT2D eigenvalue weighted by molar-refractivity contribution is 0.101. The van der Waals surface area contributed by atoms with Gasteiger partial charge in [0.15, 0.2) is 10.9 Å². The lowest BCUT2D eigenvalue weighted by Crippen LogP contribution is -2.19. The van der Waals surface area contributed by atoms with Crippen molar-refractivity contribution in [3.05, 3.63) is 59.2 Å². The molecule has 0 heterocycles. The second-order valence-electron chi connectivity index (χ2n) is 5.03. The van der Waals surface area contributed by atoms with Crippen LogP contribution in [0.3, 0.4) is 0 Å². The van der Waals surface area contributed by atoms with Gasteiger partial charge in [-0.05, 0) is 56.8 Å². The van der Waals surface area contributed by atoms with Crippen molar-refractivity contribution in [3.8, 4) is 0 Å². The third-order valence-corrected chi connectivity index (χ3v) is 3.36. The van der Waals surface area contributed by atoms with Crippen LogP contribution in [0.15, 0.2) is 42.5 Å². The van der Waals surface area contributed by atoms with Gasteiger partial charge in [0.2, 0.25) is 0 Å². The Morgan fingerprint density at radius 3 is 2.48 bits per heavy atom. The third-order valence-electron chi connectivity index (χ3n) is 3.16. The van der Waals surface area contributed by atoms with Crippen molar-refractivity contribution in [2.75, 3.05) is 10.6 Å². The monoisotopic (exact) mass is 298 g/mol. The zero-order chi connectivity index (χ0) is 15.4. The van der Waals surface area contributed by atoms with Gasteiger partial charge >= 0.3 is 0 Å². The van der Waals surface area contributed by atoms with Crippen LogP contribution in [0.4, 0.5) is 11.4 Å². The van der Waals surface area contributed by atoms with E-state index in [1.165, 1.54) is 5.56 Å². The number of ketones is 1. The number of carbonyl (C=O) groups is 1. The maximum Gasteiger partial charge on any atom is 0.175 e. The average Bonchev–Trinajstić information content (AvgIpc) is 2.42. The van der Waals surface area contributed by atoms with E-state index in [9.17, 15) is 4.79 Å². The van der Waals surface area contributed by atoms with E-state index in [1.807, 2.05) is 31.2 Å². The van der Waals surface area contributed by atoms with Crippen LogP contribution in [-0.2, 0) is 0 Å². The van der Waals surface area contributed by atoms with Gasteiger partial charge < -0.3 is 10.6 Å². The molecule has 2 N–H and O–H groups in total. The van der Waals surface area contributed by atoms with Crippen LogP contribution in [0.2, 0.25) is 0 Å². The number of Topliss-reactive ketones (excluding diaryl/α,β-unsaturated/α-hetero) is 1. The molecule has 0 unspecified atom stereocenters. The van der Waals surface area contributed by atoms with Crippen LogP contribution in [0, 0.1) is 13.8 Å². The van der Waals surface area contributed by atoms with Crippen molar-refractivity contribution < 1.29 is 4.79 Å². The van der Waals surface area contributed by atoms with E-state index in [2.05, 4.69) is 23.6 Å². The Labute approximate surface area is 130 Å². The highest BCUT2D eigenvalue weighted by Gasteiger charge is 2.04. The lowest BCUT2D eigenvalue weighted by atomic mass is 10.1. The molecule has 0 aliphatic heterocycles. The first-order chi connectivity index (χ1) is 9.95. The molecule has 2 rings (SSSR count). The summed E-state index contributed by atoms with van der Waals surface area (Å²) < 4.78 is 0. The van der Waals surface area contributed by atoms with Gasteiger partial charge in [-0.15, -0.1) is 0 Å². The number of carbonyl (C=O) groups excluding carboxylic acids is 1. The number of aryl methyl sites for hydroxylation is 2. The van der Waals surface area contributed by atoms with E-state index in [0.29, 0.717) is 10.7 Å². The minimum absolute atomic E-state index is 0.0342. The fourth-order valence-electron chi connectivity index (χ4n) is 2.05. The zero-order valence-corrected chi connectivity index (χ0v) is 13.2. The van der Waals surface area contributed by atoms with Crippen LogP contribution in [0.1, 0.15) is 28.4 Å². The van der Waals surface area contributed by atoms with Gasteiger partial charge in [0.25, 0.3) is 0 Å². The smallest absolute Gasteiger partial charge is 0.175 e. The van der Waals surface area contributed by atoms with Crippen molar-refractivity contribution in [2.45, 2.75) is 20.8 Å². The fourth-order valence-corrected chi connectivity index (χ4v) is 2.28. The minimum Gasteiger partial charge on any atom is -0.332 e. The molecule has 3 nitrogen and oxygen atoms in total. The summed E-state index contributed by atoms with van der Waals surface area (Å²) in [4.78, 5) is 11.4. The molecule has 0 atom stereocenters. The van der Waals surface area contributed by atoms with Gasteiger partial charge in [0.1, 0.15) is 0 Å².